The Morgan fingerprint density at radius 3 is 1.86 bits per heavy atom. The lowest BCUT2D eigenvalue weighted by molar-refractivity contribution is 0.0948. The molecule has 2 aromatic rings. The zero-order chi connectivity index (χ0) is 21.2. The number of nitrogens with zero attached hydrogens (tertiary/aromatic N) is 2. The molecule has 0 bridgehead atoms. The second-order valence-electron chi connectivity index (χ2n) is 6.80. The number of carbonyl (C=O) groups excluding carboxylic acids is 2. The Bertz CT molecular complexity index is 1070. The summed E-state index contributed by atoms with van der Waals surface area (Å²) in [6.45, 7) is 4.57. The number of ketones is 2. The smallest absolute Gasteiger partial charge is 0.249 e. The van der Waals surface area contributed by atoms with Gasteiger partial charge in [0.15, 0.2) is 4.91 Å². The van der Waals surface area contributed by atoms with Crippen LogP contribution in [0.1, 0.15) is 40.1 Å². The van der Waals surface area contributed by atoms with Gasteiger partial charge < -0.3 is 4.90 Å². The van der Waals surface area contributed by atoms with Crippen molar-refractivity contribution < 1.29 is 18.0 Å². The Hall–Kier alpha value is -2.77. The van der Waals surface area contributed by atoms with Crippen molar-refractivity contribution in [3.05, 3.63) is 81.9 Å². The summed E-state index contributed by atoms with van der Waals surface area (Å²) >= 11 is 0. The van der Waals surface area contributed by atoms with Gasteiger partial charge in [0, 0.05) is 37.8 Å². The number of hydrogen-bond acceptors (Lipinski definition) is 5. The van der Waals surface area contributed by atoms with Gasteiger partial charge in [-0.1, -0.05) is 54.6 Å². The molecule has 0 saturated carbocycles. The number of allylic oxidation sites excluding steroid dienone is 2. The van der Waals surface area contributed by atoms with Crippen molar-refractivity contribution in [3.8, 4) is 0 Å². The number of sulfonamides is 1. The minimum Gasteiger partial charge on any atom is -0.368 e. The second-order valence-corrected chi connectivity index (χ2v) is 8.78. The third-order valence-electron chi connectivity index (χ3n) is 5.05. The van der Waals surface area contributed by atoms with Crippen LogP contribution in [0.15, 0.2) is 65.2 Å². The largest absolute Gasteiger partial charge is 0.368 e. The molecular formula is C22H24N2O4S. The summed E-state index contributed by atoms with van der Waals surface area (Å²) in [6, 6.07) is 15.5. The zero-order valence-electron chi connectivity index (χ0n) is 16.8. The van der Waals surface area contributed by atoms with E-state index in [9.17, 15) is 18.0 Å². The molecule has 2 aromatic carbocycles. The minimum absolute atomic E-state index is 0.0430. The van der Waals surface area contributed by atoms with Crippen LogP contribution in [0.25, 0.3) is 0 Å². The van der Waals surface area contributed by atoms with Crippen LogP contribution in [0.4, 0.5) is 0 Å². The van der Waals surface area contributed by atoms with Gasteiger partial charge in [-0.25, -0.2) is 8.42 Å². The van der Waals surface area contributed by atoms with Crippen LogP contribution < -0.4 is 0 Å². The molecular weight excluding hydrogens is 388 g/mol. The molecule has 0 amide bonds. The maximum atomic E-state index is 13.5. The molecule has 0 unspecified atom stereocenters. The Morgan fingerprint density at radius 1 is 0.793 bits per heavy atom. The number of Topliss-reactive ketones (excluding diaryl/α,β-unsaturated/α-hetero) is 2. The molecule has 7 heteroatoms. The minimum atomic E-state index is -4.20. The van der Waals surface area contributed by atoms with Gasteiger partial charge in [-0.05, 0) is 19.4 Å². The number of fused-ring (bicyclic) bond motifs is 1. The molecule has 1 aliphatic carbocycles. The lowest BCUT2D eigenvalue weighted by Crippen LogP contribution is -2.40. The fraction of sp³-hybridized carbons (Fsp3) is 0.273. The first-order valence-electron chi connectivity index (χ1n) is 9.50. The molecule has 6 nitrogen and oxygen atoms in total. The molecule has 0 aliphatic heterocycles. The van der Waals surface area contributed by atoms with Gasteiger partial charge >= 0.3 is 0 Å². The third-order valence-corrected chi connectivity index (χ3v) is 6.89. The molecule has 0 atom stereocenters. The van der Waals surface area contributed by atoms with Crippen LogP contribution in [-0.4, -0.2) is 49.3 Å². The van der Waals surface area contributed by atoms with E-state index in [0.29, 0.717) is 13.1 Å². The molecule has 0 fully saturated rings. The normalized spacial score (nSPS) is 14.3. The van der Waals surface area contributed by atoms with Gasteiger partial charge in [0.1, 0.15) is 5.70 Å². The summed E-state index contributed by atoms with van der Waals surface area (Å²) in [5, 5.41) is 0. The maximum absolute atomic E-state index is 13.5. The highest BCUT2D eigenvalue weighted by Crippen LogP contribution is 2.32. The Balaban J connectivity index is 2.17. The van der Waals surface area contributed by atoms with Crippen LogP contribution >= 0.6 is 0 Å². The molecule has 0 N–H and O–H groups in total. The van der Waals surface area contributed by atoms with E-state index in [4.69, 9.17) is 0 Å². The summed E-state index contributed by atoms with van der Waals surface area (Å²) in [7, 11) is -2.77. The van der Waals surface area contributed by atoms with E-state index in [2.05, 4.69) is 0 Å². The highest BCUT2D eigenvalue weighted by atomic mass is 32.2. The Morgan fingerprint density at radius 2 is 1.31 bits per heavy atom. The van der Waals surface area contributed by atoms with Gasteiger partial charge in [-0.15, -0.1) is 0 Å². The van der Waals surface area contributed by atoms with Crippen molar-refractivity contribution in [1.29, 1.82) is 0 Å². The first kappa shape index (κ1) is 21.0. The summed E-state index contributed by atoms with van der Waals surface area (Å²) in [6.07, 6.45) is 0. The van der Waals surface area contributed by atoms with E-state index >= 15 is 0 Å². The van der Waals surface area contributed by atoms with Crippen LogP contribution in [0, 0.1) is 0 Å². The second kappa shape index (κ2) is 8.31. The van der Waals surface area contributed by atoms with E-state index < -0.39 is 26.5 Å². The molecule has 152 valence electrons. The van der Waals surface area contributed by atoms with E-state index in [1.54, 1.807) is 23.1 Å². The fourth-order valence-corrected chi connectivity index (χ4v) is 4.93. The maximum Gasteiger partial charge on any atom is 0.249 e. The topological polar surface area (TPSA) is 74.8 Å². The molecule has 0 spiro atoms. The number of carbonyl (C=O) groups is 2. The van der Waals surface area contributed by atoms with Crippen molar-refractivity contribution in [1.82, 2.24) is 9.21 Å². The third kappa shape index (κ3) is 3.75. The fourth-order valence-electron chi connectivity index (χ4n) is 3.49. The van der Waals surface area contributed by atoms with Crippen LogP contribution in [-0.2, 0) is 16.6 Å². The molecule has 0 heterocycles. The van der Waals surface area contributed by atoms with Crippen molar-refractivity contribution >= 4 is 21.6 Å². The van der Waals surface area contributed by atoms with Crippen molar-refractivity contribution in [2.75, 3.05) is 20.1 Å². The lowest BCUT2D eigenvalue weighted by atomic mass is 9.92. The average Bonchev–Trinajstić information content (AvgIpc) is 2.73. The Kier molecular flexibility index (Phi) is 6.00. The number of benzene rings is 2. The molecule has 0 aromatic heterocycles. The van der Waals surface area contributed by atoms with Crippen LogP contribution in [0.2, 0.25) is 0 Å². The van der Waals surface area contributed by atoms with Crippen LogP contribution in [0.5, 0.6) is 0 Å². The van der Waals surface area contributed by atoms with Crippen molar-refractivity contribution in [2.45, 2.75) is 20.4 Å². The lowest BCUT2D eigenvalue weighted by Gasteiger charge is -2.31. The Labute approximate surface area is 171 Å². The molecule has 1 aliphatic rings. The molecule has 0 saturated heterocycles. The first-order valence-corrected chi connectivity index (χ1v) is 10.9. The quantitative estimate of drug-likeness (QED) is 0.699. The van der Waals surface area contributed by atoms with Crippen LogP contribution in [0.3, 0.4) is 0 Å². The summed E-state index contributed by atoms with van der Waals surface area (Å²) in [5.74, 6) is -1.07. The van der Waals surface area contributed by atoms with E-state index in [1.165, 1.54) is 13.1 Å². The van der Waals surface area contributed by atoms with Crippen molar-refractivity contribution in [3.63, 3.8) is 0 Å². The standard InChI is InChI=1S/C22H24N2O4S/c1-4-24(5-2)19-20(25)17-13-9-10-14-18(17)21(26)22(19)29(27,28)23(3)15-16-11-7-6-8-12-16/h6-14H,4-5,15H2,1-3H3. The van der Waals surface area contributed by atoms with Gasteiger partial charge in [-0.2, -0.15) is 4.31 Å². The average molecular weight is 413 g/mol. The summed E-state index contributed by atoms with van der Waals surface area (Å²) in [5.41, 5.74) is 1.11. The monoisotopic (exact) mass is 412 g/mol. The first-order chi connectivity index (χ1) is 13.8. The van der Waals surface area contributed by atoms with Crippen molar-refractivity contribution in [2.24, 2.45) is 0 Å². The molecule has 29 heavy (non-hydrogen) atoms. The zero-order valence-corrected chi connectivity index (χ0v) is 17.6. The summed E-state index contributed by atoms with van der Waals surface area (Å²) < 4.78 is 28.1. The number of likely N-dealkylation sites (N-methyl/N-ethyl adjacent to an activating group) is 1. The van der Waals surface area contributed by atoms with E-state index in [1.807, 2.05) is 44.2 Å². The molecule has 0 radical (unpaired) electrons. The van der Waals surface area contributed by atoms with Gasteiger partial charge in [0.25, 0.3) is 0 Å². The van der Waals surface area contributed by atoms with Gasteiger partial charge in [0.05, 0.1) is 0 Å². The predicted molar refractivity (Wildman–Crippen MR) is 112 cm³/mol. The van der Waals surface area contributed by atoms with E-state index in [0.717, 1.165) is 9.87 Å². The highest BCUT2D eigenvalue weighted by Gasteiger charge is 2.42. The highest BCUT2D eigenvalue weighted by molar-refractivity contribution is 7.94. The number of hydrogen-bond donors (Lipinski definition) is 0. The van der Waals surface area contributed by atoms with E-state index in [-0.39, 0.29) is 23.4 Å². The summed E-state index contributed by atoms with van der Waals surface area (Å²) in [4.78, 5) is 27.7. The van der Waals surface area contributed by atoms with Gasteiger partial charge in [0.2, 0.25) is 21.6 Å². The SMILES string of the molecule is CCN(CC)C1=C(S(=O)(=O)N(C)Cc2ccccc2)C(=O)c2ccccc2C1=O. The van der Waals surface area contributed by atoms with Gasteiger partial charge in [-0.3, -0.25) is 9.59 Å². The molecule has 3 rings (SSSR count). The number of rotatable bonds is 7. The predicted octanol–water partition coefficient (Wildman–Crippen LogP) is 3.08.